The van der Waals surface area contributed by atoms with Gasteiger partial charge in [-0.3, -0.25) is 0 Å². The summed E-state index contributed by atoms with van der Waals surface area (Å²) in [6.07, 6.45) is 0.294. The molecular formula is C31H27F7O4. The molecule has 3 aliphatic rings. The van der Waals surface area contributed by atoms with Crippen LogP contribution in [0.15, 0.2) is 36.4 Å². The second-order valence-corrected chi connectivity index (χ2v) is 10.6. The highest BCUT2D eigenvalue weighted by atomic mass is 19.4. The molecule has 3 aliphatic heterocycles. The number of hydrogen-bond donors (Lipinski definition) is 0. The second kappa shape index (κ2) is 11.7. The first-order chi connectivity index (χ1) is 19.9. The highest BCUT2D eigenvalue weighted by Gasteiger charge is 2.53. The van der Waals surface area contributed by atoms with Crippen LogP contribution < -0.4 is 4.74 Å². The molecule has 0 radical (unpaired) electrons. The molecular weight excluding hydrogens is 569 g/mol. The minimum Gasteiger partial charge on any atom is -0.483 e. The molecule has 3 aromatic rings. The zero-order valence-electron chi connectivity index (χ0n) is 22.6. The molecule has 0 amide bonds. The van der Waals surface area contributed by atoms with Crippen molar-refractivity contribution < 1.29 is 49.7 Å². The van der Waals surface area contributed by atoms with Crippen molar-refractivity contribution in [3.05, 3.63) is 76.4 Å². The Hall–Kier alpha value is -3.33. The molecule has 3 saturated heterocycles. The van der Waals surface area contributed by atoms with Gasteiger partial charge in [-0.2, -0.15) is 13.2 Å². The van der Waals surface area contributed by atoms with Crippen molar-refractivity contribution in [2.24, 2.45) is 5.41 Å². The number of ether oxygens (including phenoxy) is 4. The van der Waals surface area contributed by atoms with Crippen molar-refractivity contribution in [2.75, 3.05) is 19.8 Å². The van der Waals surface area contributed by atoms with Crippen LogP contribution in [-0.4, -0.2) is 26.0 Å². The molecule has 0 N–H and O–H groups in total. The largest absolute Gasteiger partial charge is 0.483 e. The van der Waals surface area contributed by atoms with E-state index >= 15 is 8.78 Å². The highest BCUT2D eigenvalue weighted by molar-refractivity contribution is 5.85. The standard InChI is InChI=1S/C31H27F7O4/c1-2-3-4-5-9-29-16-40-31(41-17-29,42-18-29)21-13-25(33)28(26(34)14-21)39-15-19-6-7-22-20(11-19)12-24(32)23(27(22)35)8-10-30(36,37)38/h6-7,11-14H,2-5,9,15-18H2,1H3. The van der Waals surface area contributed by atoms with Crippen molar-refractivity contribution in [1.29, 1.82) is 0 Å². The zero-order valence-corrected chi connectivity index (χ0v) is 22.6. The Balaban J connectivity index is 1.28. The van der Waals surface area contributed by atoms with E-state index in [1.165, 1.54) is 24.1 Å². The average molecular weight is 597 g/mol. The quantitative estimate of drug-likeness (QED) is 0.142. The number of benzene rings is 3. The summed E-state index contributed by atoms with van der Waals surface area (Å²) in [4.78, 5) is 0. The summed E-state index contributed by atoms with van der Waals surface area (Å²) in [5, 5.41) is -0.181. The Morgan fingerprint density at radius 3 is 2.14 bits per heavy atom. The van der Waals surface area contributed by atoms with Crippen LogP contribution in [0.4, 0.5) is 30.7 Å². The van der Waals surface area contributed by atoms with Gasteiger partial charge < -0.3 is 18.9 Å². The fraction of sp³-hybridized carbons (Fsp3) is 0.419. The van der Waals surface area contributed by atoms with Gasteiger partial charge in [-0.25, -0.2) is 17.6 Å². The van der Waals surface area contributed by atoms with E-state index in [0.717, 1.165) is 56.2 Å². The van der Waals surface area contributed by atoms with E-state index in [0.29, 0.717) is 25.4 Å². The molecule has 0 saturated carbocycles. The predicted octanol–water partition coefficient (Wildman–Crippen LogP) is 8.03. The van der Waals surface area contributed by atoms with Gasteiger partial charge >= 0.3 is 12.1 Å². The number of fused-ring (bicyclic) bond motifs is 4. The van der Waals surface area contributed by atoms with Crippen molar-refractivity contribution in [3.63, 3.8) is 0 Å². The van der Waals surface area contributed by atoms with E-state index in [4.69, 9.17) is 18.9 Å². The van der Waals surface area contributed by atoms with Gasteiger partial charge in [0, 0.05) is 22.3 Å². The van der Waals surface area contributed by atoms with E-state index < -0.39 is 46.7 Å². The number of rotatable bonds is 9. The molecule has 42 heavy (non-hydrogen) atoms. The van der Waals surface area contributed by atoms with Gasteiger partial charge in [0.15, 0.2) is 17.4 Å². The molecule has 11 heteroatoms. The zero-order chi connectivity index (χ0) is 30.1. The van der Waals surface area contributed by atoms with Gasteiger partial charge in [0.2, 0.25) is 0 Å². The van der Waals surface area contributed by atoms with E-state index in [9.17, 15) is 22.0 Å². The van der Waals surface area contributed by atoms with Crippen LogP contribution >= 0.6 is 0 Å². The van der Waals surface area contributed by atoms with Gasteiger partial charge in [-0.1, -0.05) is 50.7 Å². The van der Waals surface area contributed by atoms with Crippen LogP contribution in [0.3, 0.4) is 0 Å². The molecule has 0 aliphatic carbocycles. The van der Waals surface area contributed by atoms with Crippen LogP contribution in [0.25, 0.3) is 10.8 Å². The number of hydrogen-bond acceptors (Lipinski definition) is 4. The van der Waals surface area contributed by atoms with Gasteiger partial charge in [-0.15, -0.1) is 0 Å². The van der Waals surface area contributed by atoms with Crippen molar-refractivity contribution in [1.82, 2.24) is 0 Å². The van der Waals surface area contributed by atoms with Crippen LogP contribution in [-0.2, 0) is 26.8 Å². The van der Waals surface area contributed by atoms with Crippen LogP contribution in [0.1, 0.15) is 55.7 Å². The highest BCUT2D eigenvalue weighted by Crippen LogP contribution is 2.47. The van der Waals surface area contributed by atoms with Crippen LogP contribution in [0.2, 0.25) is 0 Å². The topological polar surface area (TPSA) is 36.9 Å². The van der Waals surface area contributed by atoms with Crippen LogP contribution in [0.5, 0.6) is 5.75 Å². The lowest BCUT2D eigenvalue weighted by Crippen LogP contribution is -2.58. The summed E-state index contributed by atoms with van der Waals surface area (Å²) in [5.41, 5.74) is -1.01. The Bertz CT molecular complexity index is 1490. The molecule has 0 atom stereocenters. The summed E-state index contributed by atoms with van der Waals surface area (Å²) in [6, 6.07) is 6.66. The van der Waals surface area contributed by atoms with E-state index in [2.05, 4.69) is 6.92 Å². The number of unbranched alkanes of at least 4 members (excludes halogenated alkanes) is 3. The molecule has 0 unspecified atom stereocenters. The first kappa shape index (κ1) is 30.1. The lowest BCUT2D eigenvalue weighted by Gasteiger charge is -2.52. The predicted molar refractivity (Wildman–Crippen MR) is 138 cm³/mol. The average Bonchev–Trinajstić information content (AvgIpc) is 2.95. The first-order valence-electron chi connectivity index (χ1n) is 13.5. The molecule has 3 heterocycles. The fourth-order valence-electron chi connectivity index (χ4n) is 5.14. The van der Waals surface area contributed by atoms with Gasteiger partial charge in [0.1, 0.15) is 18.2 Å². The first-order valence-corrected chi connectivity index (χ1v) is 13.5. The van der Waals surface area contributed by atoms with Gasteiger partial charge in [0.05, 0.1) is 25.4 Å². The summed E-state index contributed by atoms with van der Waals surface area (Å²) < 4.78 is 119. The maximum Gasteiger partial charge on any atom is 0.458 e. The smallest absolute Gasteiger partial charge is 0.458 e. The van der Waals surface area contributed by atoms with Crippen LogP contribution in [0, 0.1) is 40.5 Å². The van der Waals surface area contributed by atoms with Gasteiger partial charge in [0.25, 0.3) is 0 Å². The third-order valence-corrected chi connectivity index (χ3v) is 7.42. The molecule has 0 spiro atoms. The van der Waals surface area contributed by atoms with E-state index in [1.807, 2.05) is 0 Å². The third kappa shape index (κ3) is 6.21. The second-order valence-electron chi connectivity index (χ2n) is 10.6. The fourth-order valence-corrected chi connectivity index (χ4v) is 5.14. The molecule has 6 rings (SSSR count). The molecule has 3 fully saturated rings. The van der Waals surface area contributed by atoms with Crippen molar-refractivity contribution in [3.8, 4) is 17.6 Å². The summed E-state index contributed by atoms with van der Waals surface area (Å²) in [7, 11) is 0. The normalized spacial score (nSPS) is 21.8. The number of halogens is 7. The van der Waals surface area contributed by atoms with E-state index in [1.54, 1.807) is 0 Å². The maximum atomic E-state index is 15.0. The number of alkyl halides is 3. The molecule has 224 valence electrons. The molecule has 2 bridgehead atoms. The lowest BCUT2D eigenvalue weighted by molar-refractivity contribution is -0.480. The Morgan fingerprint density at radius 2 is 1.52 bits per heavy atom. The Morgan fingerprint density at radius 1 is 0.857 bits per heavy atom. The monoisotopic (exact) mass is 596 g/mol. The Kier molecular flexibility index (Phi) is 8.43. The Labute approximate surface area is 237 Å². The van der Waals surface area contributed by atoms with E-state index in [-0.39, 0.29) is 28.4 Å². The lowest BCUT2D eigenvalue weighted by atomic mass is 9.82. The van der Waals surface area contributed by atoms with Crippen molar-refractivity contribution >= 4 is 10.8 Å². The van der Waals surface area contributed by atoms with Crippen molar-refractivity contribution in [2.45, 2.75) is 57.8 Å². The summed E-state index contributed by atoms with van der Waals surface area (Å²) >= 11 is 0. The summed E-state index contributed by atoms with van der Waals surface area (Å²) in [6.45, 7) is 2.75. The van der Waals surface area contributed by atoms with Gasteiger partial charge in [-0.05, 0) is 41.6 Å². The minimum absolute atomic E-state index is 0.00142. The maximum absolute atomic E-state index is 15.0. The molecule has 4 nitrogen and oxygen atoms in total. The molecule has 3 aromatic carbocycles. The SMILES string of the molecule is CCCCCCC12COC(c3cc(F)c(OCc4ccc5c(F)c(C#CC(F)(F)F)c(F)cc5c4)c(F)c3)(OC1)OC2. The minimum atomic E-state index is -4.92. The molecule has 0 aromatic heterocycles. The summed E-state index contributed by atoms with van der Waals surface area (Å²) in [5.74, 6) is -4.71. The third-order valence-electron chi connectivity index (χ3n) is 7.42.